The van der Waals surface area contributed by atoms with Gasteiger partial charge in [-0.3, -0.25) is 14.5 Å². The number of carbonyl (C=O) groups excluding carboxylic acids is 2. The summed E-state index contributed by atoms with van der Waals surface area (Å²) in [5, 5.41) is 7.88. The first-order chi connectivity index (χ1) is 19.1. The van der Waals surface area contributed by atoms with Gasteiger partial charge in [0.15, 0.2) is 0 Å². The third-order valence-electron chi connectivity index (χ3n) is 7.78. The molecular formula is C29H37N5O4S2. The molecule has 9 nitrogen and oxygen atoms in total. The van der Waals surface area contributed by atoms with Crippen molar-refractivity contribution in [2.45, 2.75) is 77.3 Å². The molecular weight excluding hydrogens is 546 g/mol. The molecule has 214 valence electrons. The molecule has 2 aliphatic heterocycles. The summed E-state index contributed by atoms with van der Waals surface area (Å²) >= 11 is 1.43. The first-order valence-electron chi connectivity index (χ1n) is 13.9. The van der Waals surface area contributed by atoms with Crippen molar-refractivity contribution >= 4 is 38.2 Å². The maximum atomic E-state index is 13.8. The summed E-state index contributed by atoms with van der Waals surface area (Å²) in [7, 11) is -3.61. The Bertz CT molecular complexity index is 1510. The standard InChI is InChI=1S/C29H37N5O4S2/c1-19(2)32-16-13-24-25(18-32)39-28(26(24)29(36)34-21(4)17-20(3)31-34)30-27(35)22-9-11-23(12-10-22)40(37,38)33-14-7-5-6-8-15-33/h9-12,17,19H,5-8,13-16,18H2,1-4H3,(H,30,35). The van der Waals surface area contributed by atoms with Gasteiger partial charge in [-0.1, -0.05) is 12.8 Å². The molecule has 11 heteroatoms. The largest absolute Gasteiger partial charge is 0.313 e. The first-order valence-corrected chi connectivity index (χ1v) is 16.2. The minimum atomic E-state index is -3.61. The smallest absolute Gasteiger partial charge is 0.281 e. The van der Waals surface area contributed by atoms with E-state index in [9.17, 15) is 18.0 Å². The fourth-order valence-corrected chi connectivity index (χ4v) is 8.28. The second kappa shape index (κ2) is 11.6. The average Bonchev–Trinajstić information content (AvgIpc) is 3.30. The number of carbonyl (C=O) groups is 2. The van der Waals surface area contributed by atoms with Crippen molar-refractivity contribution in [1.82, 2.24) is 19.0 Å². The van der Waals surface area contributed by atoms with Crippen molar-refractivity contribution in [3.05, 3.63) is 63.3 Å². The van der Waals surface area contributed by atoms with Crippen molar-refractivity contribution in [2.24, 2.45) is 0 Å². The number of fused-ring (bicyclic) bond motifs is 1. The van der Waals surface area contributed by atoms with E-state index in [1.165, 1.54) is 40.3 Å². The van der Waals surface area contributed by atoms with Crippen LogP contribution in [0, 0.1) is 13.8 Å². The van der Waals surface area contributed by atoms with Crippen LogP contribution < -0.4 is 5.32 Å². The van der Waals surface area contributed by atoms with Crippen LogP contribution in [0.4, 0.5) is 5.00 Å². The quantitative estimate of drug-likeness (QED) is 0.446. The topological polar surface area (TPSA) is 105 Å². The maximum Gasteiger partial charge on any atom is 0.281 e. The molecule has 40 heavy (non-hydrogen) atoms. The number of nitrogens with zero attached hydrogens (tertiary/aromatic N) is 4. The highest BCUT2D eigenvalue weighted by Gasteiger charge is 2.31. The molecule has 4 heterocycles. The highest BCUT2D eigenvalue weighted by molar-refractivity contribution is 7.89. The summed E-state index contributed by atoms with van der Waals surface area (Å²) in [6.07, 6.45) is 4.51. The van der Waals surface area contributed by atoms with Crippen LogP contribution in [0.2, 0.25) is 0 Å². The van der Waals surface area contributed by atoms with Gasteiger partial charge in [0.25, 0.3) is 11.8 Å². The Morgan fingerprint density at radius 2 is 1.68 bits per heavy atom. The highest BCUT2D eigenvalue weighted by atomic mass is 32.2. The third-order valence-corrected chi connectivity index (χ3v) is 10.8. The summed E-state index contributed by atoms with van der Waals surface area (Å²) in [6.45, 7) is 10.6. The second-order valence-electron chi connectivity index (χ2n) is 11.0. The van der Waals surface area contributed by atoms with Gasteiger partial charge < -0.3 is 5.32 Å². The SMILES string of the molecule is Cc1cc(C)n(C(=O)c2c(NC(=O)c3ccc(S(=O)(=O)N4CCCCCC4)cc3)sc3c2CCN(C(C)C)C3)n1. The molecule has 1 amide bonds. The zero-order chi connectivity index (χ0) is 28.6. The lowest BCUT2D eigenvalue weighted by Gasteiger charge is -2.30. The number of hydrogen-bond acceptors (Lipinski definition) is 7. The lowest BCUT2D eigenvalue weighted by molar-refractivity contribution is 0.0941. The molecule has 1 aromatic carbocycles. The Morgan fingerprint density at radius 3 is 2.27 bits per heavy atom. The lowest BCUT2D eigenvalue weighted by Crippen LogP contribution is -2.35. The van der Waals surface area contributed by atoms with Gasteiger partial charge in [-0.2, -0.15) is 9.40 Å². The van der Waals surface area contributed by atoms with Crippen molar-refractivity contribution in [2.75, 3.05) is 25.0 Å². The summed E-state index contributed by atoms with van der Waals surface area (Å²) in [5.74, 6) is -0.643. The Hall–Kier alpha value is -2.86. The molecule has 0 spiro atoms. The molecule has 0 radical (unpaired) electrons. The predicted molar refractivity (Wildman–Crippen MR) is 157 cm³/mol. The van der Waals surface area contributed by atoms with Crippen LogP contribution >= 0.6 is 11.3 Å². The van der Waals surface area contributed by atoms with Crippen LogP contribution in [-0.4, -0.2) is 64.9 Å². The predicted octanol–water partition coefficient (Wildman–Crippen LogP) is 4.83. The first kappa shape index (κ1) is 28.7. The van der Waals surface area contributed by atoms with Crippen LogP contribution in [0.25, 0.3) is 0 Å². The number of aromatic nitrogens is 2. The number of aryl methyl sites for hydroxylation is 2. The number of amides is 1. The Labute approximate surface area is 240 Å². The van der Waals surface area contributed by atoms with Crippen LogP contribution in [0.1, 0.15) is 82.1 Å². The fraction of sp³-hybridized carbons (Fsp3) is 0.483. The molecule has 0 saturated carbocycles. The van der Waals surface area contributed by atoms with E-state index >= 15 is 0 Å². The van der Waals surface area contributed by atoms with Gasteiger partial charge in [0.2, 0.25) is 10.0 Å². The number of anilines is 1. The van der Waals surface area contributed by atoms with Gasteiger partial charge in [-0.25, -0.2) is 13.1 Å². The van der Waals surface area contributed by atoms with Gasteiger partial charge in [-0.15, -0.1) is 11.3 Å². The summed E-state index contributed by atoms with van der Waals surface area (Å²) in [6, 6.07) is 8.30. The minimum absolute atomic E-state index is 0.187. The van der Waals surface area contributed by atoms with E-state index in [1.807, 2.05) is 19.9 Å². The van der Waals surface area contributed by atoms with Crippen LogP contribution in [0.3, 0.4) is 0 Å². The molecule has 1 N–H and O–H groups in total. The molecule has 1 fully saturated rings. The molecule has 2 aliphatic rings. The van der Waals surface area contributed by atoms with Crippen molar-refractivity contribution in [3.63, 3.8) is 0 Å². The monoisotopic (exact) mass is 583 g/mol. The van der Waals surface area contributed by atoms with Crippen LogP contribution in [0.15, 0.2) is 35.2 Å². The zero-order valence-corrected chi connectivity index (χ0v) is 25.2. The summed E-state index contributed by atoms with van der Waals surface area (Å²) in [4.78, 5) is 30.8. The molecule has 3 aromatic rings. The number of hydrogen-bond donors (Lipinski definition) is 1. The van der Waals surface area contributed by atoms with Crippen LogP contribution in [-0.2, 0) is 23.0 Å². The normalized spacial score (nSPS) is 17.0. The van der Waals surface area contributed by atoms with Crippen molar-refractivity contribution < 1.29 is 18.0 Å². The van der Waals surface area contributed by atoms with E-state index in [0.29, 0.717) is 48.2 Å². The lowest BCUT2D eigenvalue weighted by atomic mass is 10.0. The number of sulfonamides is 1. The van der Waals surface area contributed by atoms with E-state index in [-0.39, 0.29) is 16.7 Å². The Balaban J connectivity index is 1.43. The summed E-state index contributed by atoms with van der Waals surface area (Å²) in [5.41, 5.74) is 3.27. The van der Waals surface area contributed by atoms with E-state index in [0.717, 1.165) is 54.1 Å². The molecule has 0 atom stereocenters. The van der Waals surface area contributed by atoms with E-state index in [2.05, 4.69) is 29.2 Å². The Morgan fingerprint density at radius 1 is 1.00 bits per heavy atom. The maximum absolute atomic E-state index is 13.8. The van der Waals surface area contributed by atoms with Gasteiger partial charge in [0.05, 0.1) is 16.2 Å². The van der Waals surface area contributed by atoms with E-state index in [1.54, 1.807) is 4.31 Å². The molecule has 5 rings (SSSR count). The van der Waals surface area contributed by atoms with Crippen LogP contribution in [0.5, 0.6) is 0 Å². The molecule has 2 aromatic heterocycles. The Kier molecular flexibility index (Phi) is 8.28. The van der Waals surface area contributed by atoms with Gasteiger partial charge >= 0.3 is 0 Å². The average molecular weight is 584 g/mol. The zero-order valence-electron chi connectivity index (χ0n) is 23.6. The molecule has 0 unspecified atom stereocenters. The van der Waals surface area contributed by atoms with Gasteiger partial charge in [0.1, 0.15) is 5.00 Å². The number of thiophene rings is 1. The number of benzene rings is 1. The summed E-state index contributed by atoms with van der Waals surface area (Å²) < 4.78 is 29.3. The van der Waals surface area contributed by atoms with E-state index < -0.39 is 10.0 Å². The minimum Gasteiger partial charge on any atom is -0.313 e. The van der Waals surface area contributed by atoms with Gasteiger partial charge in [-0.05, 0) is 82.9 Å². The molecule has 0 bridgehead atoms. The van der Waals surface area contributed by atoms with E-state index in [4.69, 9.17) is 0 Å². The molecule has 0 aliphatic carbocycles. The third kappa shape index (κ3) is 5.65. The van der Waals surface area contributed by atoms with Crippen molar-refractivity contribution in [3.8, 4) is 0 Å². The van der Waals surface area contributed by atoms with Crippen molar-refractivity contribution in [1.29, 1.82) is 0 Å². The fourth-order valence-electron chi connectivity index (χ4n) is 5.50. The number of rotatable bonds is 6. The number of nitrogens with one attached hydrogen (secondary N) is 1. The molecule has 1 saturated heterocycles. The second-order valence-corrected chi connectivity index (χ2v) is 14.0. The highest BCUT2D eigenvalue weighted by Crippen LogP contribution is 2.38. The van der Waals surface area contributed by atoms with Gasteiger partial charge in [0, 0.05) is 48.4 Å².